The minimum atomic E-state index is -3.43. The van der Waals surface area contributed by atoms with Crippen LogP contribution in [0.2, 0.25) is 0 Å². The molecule has 15 heavy (non-hydrogen) atoms. The molecule has 2 unspecified atom stereocenters. The number of likely N-dealkylation sites (tertiary alicyclic amines) is 1. The largest absolute Gasteiger partial charge is 0.376 e. The van der Waals surface area contributed by atoms with Gasteiger partial charge in [-0.3, -0.25) is 0 Å². The summed E-state index contributed by atoms with van der Waals surface area (Å²) in [6, 6.07) is 0. The normalized spacial score (nSPS) is 37.9. The predicted molar refractivity (Wildman–Crippen MR) is 56.9 cm³/mol. The molecule has 88 valence electrons. The van der Waals surface area contributed by atoms with E-state index in [4.69, 9.17) is 9.88 Å². The third-order valence-corrected chi connectivity index (χ3v) is 4.33. The summed E-state index contributed by atoms with van der Waals surface area (Å²) >= 11 is 0. The van der Waals surface area contributed by atoms with Gasteiger partial charge in [0.05, 0.1) is 11.9 Å². The first kappa shape index (κ1) is 11.3. The van der Waals surface area contributed by atoms with E-state index >= 15 is 0 Å². The highest BCUT2D eigenvalue weighted by Gasteiger charge is 2.48. The number of ether oxygens (including phenoxy) is 1. The Hall–Kier alpha value is -0.170. The number of hydrogen-bond donors (Lipinski definition) is 1. The lowest BCUT2D eigenvalue weighted by Crippen LogP contribution is -2.40. The number of sulfonamides is 1. The molecule has 0 aromatic heterocycles. The topological polar surface area (TPSA) is 72.6 Å². The monoisotopic (exact) mass is 234 g/mol. The maximum Gasteiger partial charge on any atom is 0.211 e. The molecule has 0 aliphatic carbocycles. The molecule has 0 aromatic carbocycles. The van der Waals surface area contributed by atoms with Crippen molar-refractivity contribution in [2.45, 2.75) is 18.9 Å². The van der Waals surface area contributed by atoms with Crippen molar-refractivity contribution in [3.05, 3.63) is 0 Å². The van der Waals surface area contributed by atoms with E-state index in [0.717, 1.165) is 25.9 Å². The third kappa shape index (κ3) is 2.33. The fourth-order valence-electron chi connectivity index (χ4n) is 2.75. The summed E-state index contributed by atoms with van der Waals surface area (Å²) in [6.45, 7) is 2.60. The van der Waals surface area contributed by atoms with Crippen molar-refractivity contribution < 1.29 is 13.2 Å². The highest BCUT2D eigenvalue weighted by atomic mass is 32.2. The molecule has 0 saturated carbocycles. The lowest BCUT2D eigenvalue weighted by molar-refractivity contribution is 0.0707. The van der Waals surface area contributed by atoms with Gasteiger partial charge in [0.15, 0.2) is 0 Å². The standard InChI is InChI=1S/C9H18N2O3S/c1-11-4-2-9(7-11)3-5-14-8(9)6-15(10,12)13/h8H,2-7H2,1H3,(H2,10,12,13). The van der Waals surface area contributed by atoms with Crippen molar-refractivity contribution in [3.8, 4) is 0 Å². The van der Waals surface area contributed by atoms with Crippen LogP contribution in [0.5, 0.6) is 0 Å². The van der Waals surface area contributed by atoms with Crippen molar-refractivity contribution in [2.24, 2.45) is 10.6 Å². The predicted octanol–water partition coefficient (Wildman–Crippen LogP) is -0.614. The maximum absolute atomic E-state index is 11.1. The molecule has 2 rings (SSSR count). The Morgan fingerprint density at radius 1 is 1.53 bits per heavy atom. The van der Waals surface area contributed by atoms with Gasteiger partial charge in [-0.15, -0.1) is 0 Å². The van der Waals surface area contributed by atoms with Gasteiger partial charge in [0.2, 0.25) is 10.0 Å². The highest BCUT2D eigenvalue weighted by molar-refractivity contribution is 7.89. The minimum absolute atomic E-state index is 0.0290. The van der Waals surface area contributed by atoms with Crippen molar-refractivity contribution >= 4 is 10.0 Å². The first-order chi connectivity index (χ1) is 6.91. The van der Waals surface area contributed by atoms with E-state index in [2.05, 4.69) is 11.9 Å². The van der Waals surface area contributed by atoms with Crippen LogP contribution in [-0.4, -0.2) is 51.9 Å². The van der Waals surface area contributed by atoms with Crippen LogP contribution >= 0.6 is 0 Å². The average molecular weight is 234 g/mol. The van der Waals surface area contributed by atoms with Crippen LogP contribution < -0.4 is 5.14 Å². The van der Waals surface area contributed by atoms with Gasteiger partial charge in [-0.05, 0) is 26.4 Å². The van der Waals surface area contributed by atoms with Gasteiger partial charge in [0, 0.05) is 18.6 Å². The molecule has 0 radical (unpaired) electrons. The summed E-state index contributed by atoms with van der Waals surface area (Å²) in [5.74, 6) is -0.0408. The number of rotatable bonds is 2. The maximum atomic E-state index is 11.1. The first-order valence-electron chi connectivity index (χ1n) is 5.22. The van der Waals surface area contributed by atoms with Crippen LogP contribution in [0.1, 0.15) is 12.8 Å². The van der Waals surface area contributed by atoms with Gasteiger partial charge < -0.3 is 9.64 Å². The van der Waals surface area contributed by atoms with E-state index in [1.165, 1.54) is 0 Å². The fourth-order valence-corrected chi connectivity index (χ4v) is 3.63. The zero-order chi connectivity index (χ0) is 11.1. The average Bonchev–Trinajstić information content (AvgIpc) is 2.60. The van der Waals surface area contributed by atoms with Crippen LogP contribution in [-0.2, 0) is 14.8 Å². The van der Waals surface area contributed by atoms with Gasteiger partial charge >= 0.3 is 0 Å². The van der Waals surface area contributed by atoms with Gasteiger partial charge in [-0.1, -0.05) is 0 Å². The Morgan fingerprint density at radius 2 is 2.27 bits per heavy atom. The number of hydrogen-bond acceptors (Lipinski definition) is 4. The quantitative estimate of drug-likeness (QED) is 0.691. The van der Waals surface area contributed by atoms with Crippen LogP contribution in [0.4, 0.5) is 0 Å². The molecule has 0 bridgehead atoms. The summed E-state index contributed by atoms with van der Waals surface area (Å²) in [5.41, 5.74) is 0.0290. The fraction of sp³-hybridized carbons (Fsp3) is 1.00. The van der Waals surface area contributed by atoms with Crippen LogP contribution in [0, 0.1) is 5.41 Å². The molecule has 2 aliphatic rings. The van der Waals surface area contributed by atoms with Crippen molar-refractivity contribution in [3.63, 3.8) is 0 Å². The first-order valence-corrected chi connectivity index (χ1v) is 6.93. The Labute approximate surface area is 90.6 Å². The van der Waals surface area contributed by atoms with E-state index in [1.807, 2.05) is 0 Å². The molecule has 0 amide bonds. The molecule has 5 nitrogen and oxygen atoms in total. The highest BCUT2D eigenvalue weighted by Crippen LogP contribution is 2.42. The summed E-state index contributed by atoms with van der Waals surface area (Å²) in [6.07, 6.45) is 1.76. The van der Waals surface area contributed by atoms with E-state index < -0.39 is 10.0 Å². The molecule has 2 heterocycles. The van der Waals surface area contributed by atoms with E-state index in [1.54, 1.807) is 0 Å². The molecule has 2 atom stereocenters. The van der Waals surface area contributed by atoms with Gasteiger partial charge in [-0.2, -0.15) is 0 Å². The summed E-state index contributed by atoms with van der Waals surface area (Å²) < 4.78 is 27.7. The van der Waals surface area contributed by atoms with Crippen molar-refractivity contribution in [2.75, 3.05) is 32.5 Å². The molecular weight excluding hydrogens is 216 g/mol. The van der Waals surface area contributed by atoms with E-state index in [-0.39, 0.29) is 17.3 Å². The second-order valence-corrected chi connectivity index (χ2v) is 6.45. The number of nitrogens with two attached hydrogens (primary N) is 1. The summed E-state index contributed by atoms with van der Waals surface area (Å²) in [5, 5.41) is 5.08. The van der Waals surface area contributed by atoms with Gasteiger partial charge in [-0.25, -0.2) is 13.6 Å². The summed E-state index contributed by atoms with van der Waals surface area (Å²) in [4.78, 5) is 2.23. The molecular formula is C9H18N2O3S. The summed E-state index contributed by atoms with van der Waals surface area (Å²) in [7, 11) is -1.38. The number of nitrogens with zero attached hydrogens (tertiary/aromatic N) is 1. The molecule has 0 aromatic rings. The van der Waals surface area contributed by atoms with Crippen molar-refractivity contribution in [1.82, 2.24) is 4.90 Å². The van der Waals surface area contributed by atoms with Crippen LogP contribution in [0.25, 0.3) is 0 Å². The Balaban J connectivity index is 2.12. The van der Waals surface area contributed by atoms with Crippen molar-refractivity contribution in [1.29, 1.82) is 0 Å². The second kappa shape index (κ2) is 3.69. The Bertz CT molecular complexity index is 343. The van der Waals surface area contributed by atoms with E-state index in [0.29, 0.717) is 6.61 Å². The van der Waals surface area contributed by atoms with Crippen LogP contribution in [0.15, 0.2) is 0 Å². The lowest BCUT2D eigenvalue weighted by Gasteiger charge is -2.28. The SMILES string of the molecule is CN1CCC2(CCOC2CS(N)(=O)=O)C1. The Kier molecular flexibility index (Phi) is 2.79. The zero-order valence-electron chi connectivity index (χ0n) is 8.98. The van der Waals surface area contributed by atoms with E-state index in [9.17, 15) is 8.42 Å². The Morgan fingerprint density at radius 3 is 2.80 bits per heavy atom. The molecule has 2 saturated heterocycles. The lowest BCUT2D eigenvalue weighted by atomic mass is 9.81. The molecule has 2 aliphatic heterocycles. The smallest absolute Gasteiger partial charge is 0.211 e. The molecule has 2 fully saturated rings. The minimum Gasteiger partial charge on any atom is -0.376 e. The van der Waals surface area contributed by atoms with Gasteiger partial charge in [0.1, 0.15) is 0 Å². The molecule has 6 heteroatoms. The van der Waals surface area contributed by atoms with Crippen LogP contribution in [0.3, 0.4) is 0 Å². The molecule has 1 spiro atoms. The molecule has 2 N–H and O–H groups in total. The van der Waals surface area contributed by atoms with Gasteiger partial charge in [0.25, 0.3) is 0 Å². The third-order valence-electron chi connectivity index (χ3n) is 3.56. The number of primary sulfonamides is 1. The zero-order valence-corrected chi connectivity index (χ0v) is 9.79. The second-order valence-electron chi connectivity index (χ2n) is 4.79.